The average molecular weight is 517 g/mol. The average Bonchev–Trinajstić information content (AvgIpc) is 3.68. The van der Waals surface area contributed by atoms with Gasteiger partial charge in [0, 0.05) is 25.4 Å². The van der Waals surface area contributed by atoms with Gasteiger partial charge in [0.1, 0.15) is 16.6 Å². The maximum Gasteiger partial charge on any atom is 0.228 e. The quantitative estimate of drug-likeness (QED) is 0.337. The Balaban J connectivity index is 1.59. The van der Waals surface area contributed by atoms with Crippen molar-refractivity contribution < 1.29 is 9.47 Å². The van der Waals surface area contributed by atoms with E-state index in [4.69, 9.17) is 19.4 Å². The number of nitrogens with zero attached hydrogens (tertiary/aromatic N) is 7. The second-order valence-electron chi connectivity index (χ2n) is 8.77. The van der Waals surface area contributed by atoms with Crippen molar-refractivity contribution in [1.29, 1.82) is 5.26 Å². The van der Waals surface area contributed by atoms with Gasteiger partial charge in [-0.1, -0.05) is 41.2 Å². The van der Waals surface area contributed by atoms with Crippen molar-refractivity contribution >= 4 is 28.2 Å². The zero-order chi connectivity index (χ0) is 25.8. The van der Waals surface area contributed by atoms with Gasteiger partial charge in [-0.2, -0.15) is 15.3 Å². The molecule has 1 atom stereocenters. The molecule has 11 heteroatoms. The van der Waals surface area contributed by atoms with E-state index in [9.17, 15) is 5.26 Å². The fourth-order valence-corrected chi connectivity index (χ4v) is 5.07. The maximum atomic E-state index is 9.23. The first-order valence-electron chi connectivity index (χ1n) is 12.0. The highest BCUT2D eigenvalue weighted by atomic mass is 32.1. The third kappa shape index (κ3) is 5.26. The molecular weight excluding hydrogens is 488 g/mol. The van der Waals surface area contributed by atoms with E-state index < -0.39 is 0 Å². The van der Waals surface area contributed by atoms with E-state index in [1.165, 1.54) is 28.7 Å². The van der Waals surface area contributed by atoms with Crippen LogP contribution in [-0.4, -0.2) is 52.1 Å². The summed E-state index contributed by atoms with van der Waals surface area (Å²) < 4.78 is 12.8. The van der Waals surface area contributed by atoms with Crippen molar-refractivity contribution in [1.82, 2.24) is 24.7 Å². The highest BCUT2D eigenvalue weighted by Gasteiger charge is 2.30. The lowest BCUT2D eigenvalue weighted by molar-refractivity contribution is 0.183. The number of hydrogen-bond donors (Lipinski definition) is 1. The zero-order valence-electron chi connectivity index (χ0n) is 21.0. The molecule has 190 valence electrons. The molecule has 0 radical (unpaired) electrons. The summed E-state index contributed by atoms with van der Waals surface area (Å²) >= 11 is 1.26. The van der Waals surface area contributed by atoms with E-state index in [2.05, 4.69) is 57.6 Å². The fraction of sp³-hybridized carbons (Fsp3) is 0.346. The first kappa shape index (κ1) is 24.7. The van der Waals surface area contributed by atoms with Gasteiger partial charge in [0.2, 0.25) is 5.95 Å². The molecule has 5 rings (SSSR count). The van der Waals surface area contributed by atoms with Gasteiger partial charge < -0.3 is 19.7 Å². The molecule has 37 heavy (non-hydrogen) atoms. The predicted octanol–water partition coefficient (Wildman–Crippen LogP) is 4.72. The molecular formula is C26H28N8O2S. The van der Waals surface area contributed by atoms with Gasteiger partial charge >= 0.3 is 0 Å². The van der Waals surface area contributed by atoms with Crippen molar-refractivity contribution in [3.63, 3.8) is 0 Å². The SMILES string of the molecule is COCCn1cc(-c2nc(N3CCC[C@H]3c3ccc(C)cc3)nc(Nc3ncc(C#N)s3)c2OC)cn1. The van der Waals surface area contributed by atoms with Crippen molar-refractivity contribution in [2.45, 2.75) is 32.4 Å². The van der Waals surface area contributed by atoms with Crippen molar-refractivity contribution in [2.75, 3.05) is 37.6 Å². The Bertz CT molecular complexity index is 1410. The number of aryl methyl sites for hydroxylation is 1. The molecule has 3 aromatic heterocycles. The second-order valence-corrected chi connectivity index (χ2v) is 9.80. The standard InChI is InChI=1S/C26H28N8O2S/c1-17-6-8-18(9-7-17)21-5-4-10-34(21)25-30-22(19-14-29-33(16-19)11-12-35-2)23(36-3)24(31-25)32-26-28-15-20(13-27)37-26/h6-9,14-16,21H,4-5,10-12H2,1-3H3,(H,28,30,31,32)/t21-/m0/s1. The molecule has 4 aromatic rings. The Morgan fingerprint density at radius 3 is 2.76 bits per heavy atom. The van der Waals surface area contributed by atoms with E-state index >= 15 is 0 Å². The minimum absolute atomic E-state index is 0.171. The molecule has 1 aliphatic heterocycles. The predicted molar refractivity (Wildman–Crippen MR) is 142 cm³/mol. The maximum absolute atomic E-state index is 9.23. The second kappa shape index (κ2) is 10.9. The molecule has 0 bridgehead atoms. The zero-order valence-corrected chi connectivity index (χ0v) is 21.8. The van der Waals surface area contributed by atoms with E-state index in [1.54, 1.807) is 20.4 Å². The van der Waals surface area contributed by atoms with E-state index in [0.717, 1.165) is 24.9 Å². The number of rotatable bonds is 9. The van der Waals surface area contributed by atoms with Gasteiger partial charge in [-0.15, -0.1) is 0 Å². The molecule has 10 nitrogen and oxygen atoms in total. The Morgan fingerprint density at radius 2 is 2.03 bits per heavy atom. The Labute approximate surface area is 219 Å². The van der Waals surface area contributed by atoms with Gasteiger partial charge in [-0.3, -0.25) is 4.68 Å². The van der Waals surface area contributed by atoms with Crippen LogP contribution in [0.25, 0.3) is 11.3 Å². The monoisotopic (exact) mass is 516 g/mol. The summed E-state index contributed by atoms with van der Waals surface area (Å²) in [5.41, 5.74) is 3.91. The summed E-state index contributed by atoms with van der Waals surface area (Å²) in [5, 5.41) is 17.5. The summed E-state index contributed by atoms with van der Waals surface area (Å²) in [5.74, 6) is 1.57. The molecule has 0 saturated carbocycles. The summed E-state index contributed by atoms with van der Waals surface area (Å²) in [7, 11) is 3.26. The van der Waals surface area contributed by atoms with E-state index in [1.807, 2.05) is 10.9 Å². The normalized spacial score (nSPS) is 15.1. The smallest absolute Gasteiger partial charge is 0.228 e. The van der Waals surface area contributed by atoms with Gasteiger partial charge in [0.25, 0.3) is 0 Å². The number of anilines is 3. The van der Waals surface area contributed by atoms with Crippen molar-refractivity contribution in [3.05, 3.63) is 58.9 Å². The summed E-state index contributed by atoms with van der Waals surface area (Å²) in [6.45, 7) is 4.11. The van der Waals surface area contributed by atoms with Crippen LogP contribution < -0.4 is 15.0 Å². The number of aromatic nitrogens is 5. The van der Waals surface area contributed by atoms with Crippen LogP contribution in [0.4, 0.5) is 16.9 Å². The number of benzene rings is 1. The molecule has 1 saturated heterocycles. The van der Waals surface area contributed by atoms with Gasteiger partial charge in [0.15, 0.2) is 16.7 Å². The van der Waals surface area contributed by atoms with Gasteiger partial charge in [-0.25, -0.2) is 9.97 Å². The third-order valence-corrected chi connectivity index (χ3v) is 7.12. The fourth-order valence-electron chi connectivity index (χ4n) is 4.46. The molecule has 1 aromatic carbocycles. The van der Waals surface area contributed by atoms with Crippen LogP contribution in [0.1, 0.15) is 34.9 Å². The summed E-state index contributed by atoms with van der Waals surface area (Å²) in [6.07, 6.45) is 7.29. The molecule has 1 N–H and O–H groups in total. The van der Waals surface area contributed by atoms with Crippen LogP contribution in [0, 0.1) is 18.3 Å². The largest absolute Gasteiger partial charge is 0.491 e. The molecule has 4 heterocycles. The lowest BCUT2D eigenvalue weighted by Gasteiger charge is -2.26. The highest BCUT2D eigenvalue weighted by molar-refractivity contribution is 7.16. The first-order valence-corrected chi connectivity index (χ1v) is 12.8. The number of methoxy groups -OCH3 is 2. The van der Waals surface area contributed by atoms with E-state index in [0.29, 0.717) is 46.4 Å². The number of nitriles is 1. The molecule has 0 amide bonds. The van der Waals surface area contributed by atoms with Gasteiger partial charge in [0.05, 0.1) is 38.7 Å². The molecule has 0 spiro atoms. The van der Waals surface area contributed by atoms with Crippen LogP contribution >= 0.6 is 11.3 Å². The van der Waals surface area contributed by atoms with Gasteiger partial charge in [-0.05, 0) is 25.3 Å². The van der Waals surface area contributed by atoms with Crippen LogP contribution in [0.2, 0.25) is 0 Å². The first-order chi connectivity index (χ1) is 18.1. The summed E-state index contributed by atoms with van der Waals surface area (Å²) in [6, 6.07) is 10.9. The minimum atomic E-state index is 0.171. The van der Waals surface area contributed by atoms with Crippen LogP contribution in [-0.2, 0) is 11.3 Å². The van der Waals surface area contributed by atoms with Crippen LogP contribution in [0.5, 0.6) is 5.75 Å². The minimum Gasteiger partial charge on any atom is -0.491 e. The topological polar surface area (TPSA) is 114 Å². The Morgan fingerprint density at radius 1 is 1.19 bits per heavy atom. The van der Waals surface area contributed by atoms with Crippen molar-refractivity contribution in [2.24, 2.45) is 0 Å². The van der Waals surface area contributed by atoms with Crippen LogP contribution in [0.15, 0.2) is 42.9 Å². The number of hydrogen-bond acceptors (Lipinski definition) is 10. The lowest BCUT2D eigenvalue weighted by Crippen LogP contribution is -2.25. The lowest BCUT2D eigenvalue weighted by atomic mass is 10.0. The van der Waals surface area contributed by atoms with Crippen LogP contribution in [0.3, 0.4) is 0 Å². The Kier molecular flexibility index (Phi) is 7.30. The summed E-state index contributed by atoms with van der Waals surface area (Å²) in [4.78, 5) is 17.0. The molecule has 1 aliphatic rings. The molecule has 0 unspecified atom stereocenters. The number of ether oxygens (including phenoxy) is 2. The molecule has 1 fully saturated rings. The number of thiazole rings is 1. The molecule has 0 aliphatic carbocycles. The highest BCUT2D eigenvalue weighted by Crippen LogP contribution is 2.41. The van der Waals surface area contributed by atoms with E-state index in [-0.39, 0.29) is 6.04 Å². The Hall–Kier alpha value is -4.01. The van der Waals surface area contributed by atoms with Crippen molar-refractivity contribution in [3.8, 4) is 23.1 Å². The number of nitrogens with one attached hydrogen (secondary N) is 1. The third-order valence-electron chi connectivity index (χ3n) is 6.30.